The first-order valence-corrected chi connectivity index (χ1v) is 5.47. The minimum Gasteiger partial charge on any atom is -0.383 e. The van der Waals surface area contributed by atoms with Gasteiger partial charge in [-0.2, -0.15) is 5.10 Å². The molecule has 2 N–H and O–H groups in total. The molecule has 0 aliphatic rings. The number of nitrogens with two attached hydrogens (primary N) is 1. The maximum absolute atomic E-state index is 5.96. The second-order valence-electron chi connectivity index (χ2n) is 4.35. The molecular weight excluding hydrogens is 198 g/mol. The molecule has 0 atom stereocenters. The van der Waals surface area contributed by atoms with Crippen molar-refractivity contribution in [2.75, 3.05) is 5.73 Å². The molecule has 0 spiro atoms. The van der Waals surface area contributed by atoms with E-state index in [-0.39, 0.29) is 0 Å². The average molecular weight is 215 g/mol. The summed E-state index contributed by atoms with van der Waals surface area (Å²) in [4.78, 5) is 0. The predicted molar refractivity (Wildman–Crippen MR) is 67.1 cm³/mol. The van der Waals surface area contributed by atoms with Crippen molar-refractivity contribution >= 4 is 5.82 Å². The normalized spacial score (nSPS) is 11.0. The van der Waals surface area contributed by atoms with Crippen molar-refractivity contribution in [3.63, 3.8) is 0 Å². The summed E-state index contributed by atoms with van der Waals surface area (Å²) in [5.74, 6) is 1.23. The van der Waals surface area contributed by atoms with Gasteiger partial charge in [-0.05, 0) is 17.0 Å². The molecule has 1 aromatic carbocycles. The predicted octanol–water partition coefficient (Wildman–Crippen LogP) is 2.79. The molecule has 84 valence electrons. The molecule has 16 heavy (non-hydrogen) atoms. The van der Waals surface area contributed by atoms with Crippen LogP contribution in [0.15, 0.2) is 30.5 Å². The molecule has 1 heterocycles. The molecule has 0 aliphatic heterocycles. The van der Waals surface area contributed by atoms with Crippen molar-refractivity contribution in [3.05, 3.63) is 36.0 Å². The Morgan fingerprint density at radius 1 is 1.31 bits per heavy atom. The van der Waals surface area contributed by atoms with Crippen LogP contribution in [0.5, 0.6) is 0 Å². The lowest BCUT2D eigenvalue weighted by atomic mass is 9.98. The van der Waals surface area contributed by atoms with Crippen LogP contribution in [0.4, 0.5) is 5.82 Å². The fourth-order valence-corrected chi connectivity index (χ4v) is 1.73. The van der Waals surface area contributed by atoms with Crippen LogP contribution in [0.25, 0.3) is 11.1 Å². The number of rotatable bonds is 2. The fraction of sp³-hybridized carbons (Fsp3) is 0.308. The van der Waals surface area contributed by atoms with Gasteiger partial charge in [0.25, 0.3) is 0 Å². The van der Waals surface area contributed by atoms with Crippen LogP contribution in [0.2, 0.25) is 0 Å². The number of anilines is 1. The second kappa shape index (κ2) is 4.00. The molecule has 0 fully saturated rings. The van der Waals surface area contributed by atoms with E-state index in [4.69, 9.17) is 5.73 Å². The SMILES string of the molecule is CC(C)c1cccc(-c2cnn(C)c2N)c1. The molecule has 3 heteroatoms. The molecule has 0 saturated carbocycles. The summed E-state index contributed by atoms with van der Waals surface area (Å²) in [6, 6.07) is 8.45. The van der Waals surface area contributed by atoms with E-state index in [2.05, 4.69) is 43.2 Å². The van der Waals surface area contributed by atoms with Crippen LogP contribution >= 0.6 is 0 Å². The van der Waals surface area contributed by atoms with Gasteiger partial charge in [-0.25, -0.2) is 0 Å². The second-order valence-corrected chi connectivity index (χ2v) is 4.35. The van der Waals surface area contributed by atoms with Crippen molar-refractivity contribution in [1.29, 1.82) is 0 Å². The lowest BCUT2D eigenvalue weighted by Gasteiger charge is -2.07. The minimum atomic E-state index is 0.526. The molecule has 0 aliphatic carbocycles. The number of nitrogen functional groups attached to an aromatic ring is 1. The Morgan fingerprint density at radius 2 is 2.06 bits per heavy atom. The lowest BCUT2D eigenvalue weighted by Crippen LogP contribution is -1.98. The van der Waals surface area contributed by atoms with E-state index in [0.29, 0.717) is 11.7 Å². The molecule has 2 rings (SSSR count). The third-order valence-electron chi connectivity index (χ3n) is 2.85. The van der Waals surface area contributed by atoms with Gasteiger partial charge in [0.15, 0.2) is 0 Å². The summed E-state index contributed by atoms with van der Waals surface area (Å²) in [5.41, 5.74) is 9.42. The highest BCUT2D eigenvalue weighted by molar-refractivity contribution is 5.73. The molecule has 0 saturated heterocycles. The number of hydrogen-bond donors (Lipinski definition) is 1. The molecule has 2 aromatic rings. The average Bonchev–Trinajstić information content (AvgIpc) is 2.60. The minimum absolute atomic E-state index is 0.526. The Hall–Kier alpha value is -1.77. The van der Waals surface area contributed by atoms with Crippen molar-refractivity contribution < 1.29 is 0 Å². The number of nitrogens with zero attached hydrogens (tertiary/aromatic N) is 2. The summed E-state index contributed by atoms with van der Waals surface area (Å²) >= 11 is 0. The smallest absolute Gasteiger partial charge is 0.129 e. The molecule has 3 nitrogen and oxygen atoms in total. The molecular formula is C13H17N3. The maximum Gasteiger partial charge on any atom is 0.129 e. The van der Waals surface area contributed by atoms with Crippen LogP contribution in [0.3, 0.4) is 0 Å². The van der Waals surface area contributed by atoms with E-state index >= 15 is 0 Å². The zero-order valence-corrected chi connectivity index (χ0v) is 9.94. The number of aromatic nitrogens is 2. The first-order chi connectivity index (χ1) is 7.59. The van der Waals surface area contributed by atoms with E-state index in [9.17, 15) is 0 Å². The highest BCUT2D eigenvalue weighted by Gasteiger charge is 2.08. The largest absolute Gasteiger partial charge is 0.383 e. The van der Waals surface area contributed by atoms with Crippen molar-refractivity contribution in [1.82, 2.24) is 9.78 Å². The zero-order chi connectivity index (χ0) is 11.7. The highest BCUT2D eigenvalue weighted by atomic mass is 15.3. The lowest BCUT2D eigenvalue weighted by molar-refractivity contribution is 0.779. The first-order valence-electron chi connectivity index (χ1n) is 5.47. The van der Waals surface area contributed by atoms with Gasteiger partial charge < -0.3 is 5.73 Å². The van der Waals surface area contributed by atoms with Crippen molar-refractivity contribution in [2.45, 2.75) is 19.8 Å². The third kappa shape index (κ3) is 1.81. The molecule has 0 radical (unpaired) electrons. The van der Waals surface area contributed by atoms with Crippen LogP contribution in [0.1, 0.15) is 25.3 Å². The van der Waals surface area contributed by atoms with Crippen LogP contribution in [-0.4, -0.2) is 9.78 Å². The van der Waals surface area contributed by atoms with Gasteiger partial charge in [0.2, 0.25) is 0 Å². The quantitative estimate of drug-likeness (QED) is 0.837. The molecule has 0 unspecified atom stereocenters. The Balaban J connectivity index is 2.48. The zero-order valence-electron chi connectivity index (χ0n) is 9.94. The van der Waals surface area contributed by atoms with Gasteiger partial charge >= 0.3 is 0 Å². The molecule has 1 aromatic heterocycles. The van der Waals surface area contributed by atoms with Crippen LogP contribution < -0.4 is 5.73 Å². The summed E-state index contributed by atoms with van der Waals surface area (Å²) in [6.45, 7) is 4.37. The summed E-state index contributed by atoms with van der Waals surface area (Å²) in [5, 5.41) is 4.16. The van der Waals surface area contributed by atoms with E-state index in [1.807, 2.05) is 13.2 Å². The fourth-order valence-electron chi connectivity index (χ4n) is 1.73. The van der Waals surface area contributed by atoms with Gasteiger partial charge in [-0.3, -0.25) is 4.68 Å². The van der Waals surface area contributed by atoms with Gasteiger partial charge in [0.1, 0.15) is 5.82 Å². The molecule has 0 bridgehead atoms. The third-order valence-corrected chi connectivity index (χ3v) is 2.85. The number of benzene rings is 1. The summed E-state index contributed by atoms with van der Waals surface area (Å²) in [7, 11) is 1.85. The van der Waals surface area contributed by atoms with Gasteiger partial charge in [-0.15, -0.1) is 0 Å². The van der Waals surface area contributed by atoms with Crippen LogP contribution in [-0.2, 0) is 7.05 Å². The van der Waals surface area contributed by atoms with Gasteiger partial charge in [-0.1, -0.05) is 38.1 Å². The number of aryl methyl sites for hydroxylation is 1. The molecule has 0 amide bonds. The summed E-state index contributed by atoms with van der Waals surface area (Å²) in [6.07, 6.45) is 1.81. The monoisotopic (exact) mass is 215 g/mol. The van der Waals surface area contributed by atoms with E-state index in [0.717, 1.165) is 11.1 Å². The van der Waals surface area contributed by atoms with E-state index in [1.54, 1.807) is 4.68 Å². The topological polar surface area (TPSA) is 43.8 Å². The Bertz CT molecular complexity index is 498. The van der Waals surface area contributed by atoms with Crippen molar-refractivity contribution in [3.8, 4) is 11.1 Å². The van der Waals surface area contributed by atoms with Gasteiger partial charge in [0.05, 0.1) is 6.20 Å². The summed E-state index contributed by atoms with van der Waals surface area (Å²) < 4.78 is 1.69. The van der Waals surface area contributed by atoms with E-state index < -0.39 is 0 Å². The Kier molecular flexibility index (Phi) is 2.69. The highest BCUT2D eigenvalue weighted by Crippen LogP contribution is 2.27. The van der Waals surface area contributed by atoms with Crippen molar-refractivity contribution in [2.24, 2.45) is 7.05 Å². The number of hydrogen-bond acceptors (Lipinski definition) is 2. The Labute approximate surface area is 95.9 Å². The standard InChI is InChI=1S/C13H17N3/c1-9(2)10-5-4-6-11(7-10)12-8-15-16(3)13(12)14/h4-9H,14H2,1-3H3. The van der Waals surface area contributed by atoms with E-state index in [1.165, 1.54) is 5.56 Å². The first kappa shape index (κ1) is 10.7. The van der Waals surface area contributed by atoms with Gasteiger partial charge in [0, 0.05) is 12.6 Å². The maximum atomic E-state index is 5.96. The Morgan fingerprint density at radius 3 is 2.62 bits per heavy atom. The van der Waals surface area contributed by atoms with Crippen LogP contribution in [0, 0.1) is 0 Å².